The lowest BCUT2D eigenvalue weighted by Crippen LogP contribution is -2.08. The minimum absolute atomic E-state index is 0.0408. The lowest BCUT2D eigenvalue weighted by atomic mass is 10.1. The molecule has 2 heterocycles. The first-order valence-electron chi connectivity index (χ1n) is 5.76. The van der Waals surface area contributed by atoms with Crippen LogP contribution in [0.3, 0.4) is 0 Å². The number of ketones is 1. The first-order chi connectivity index (χ1) is 9.08. The van der Waals surface area contributed by atoms with Crippen LogP contribution in [-0.4, -0.2) is 10.4 Å². The van der Waals surface area contributed by atoms with Crippen molar-refractivity contribution in [2.24, 2.45) is 7.05 Å². The van der Waals surface area contributed by atoms with Crippen molar-refractivity contribution in [3.8, 4) is 0 Å². The molecule has 0 saturated heterocycles. The number of nitrogens with zero attached hydrogens (tertiary/aromatic N) is 1. The number of benzene rings is 1. The summed E-state index contributed by atoms with van der Waals surface area (Å²) in [7, 11) is 1.64. The molecule has 0 amide bonds. The van der Waals surface area contributed by atoms with Crippen molar-refractivity contribution in [2.75, 3.05) is 0 Å². The summed E-state index contributed by atoms with van der Waals surface area (Å²) >= 11 is 1.42. The molecule has 0 fully saturated rings. The average Bonchev–Trinajstić information content (AvgIpc) is 2.93. The predicted molar refractivity (Wildman–Crippen MR) is 73.9 cm³/mol. The van der Waals surface area contributed by atoms with Gasteiger partial charge in [0.25, 0.3) is 0 Å². The summed E-state index contributed by atoms with van der Waals surface area (Å²) in [4.78, 5) is 24.5. The van der Waals surface area contributed by atoms with Crippen LogP contribution in [0.4, 0.5) is 0 Å². The Hall–Kier alpha value is -2.14. The summed E-state index contributed by atoms with van der Waals surface area (Å²) < 4.78 is 6.51. The highest BCUT2D eigenvalue weighted by molar-refractivity contribution is 7.12. The molecule has 0 N–H and O–H groups in total. The molecule has 3 aromatic rings. The SMILES string of the molecule is Cc1ccsc1C(=O)c1ccc2c(c1)oc(=O)n2C. The van der Waals surface area contributed by atoms with Crippen LogP contribution in [-0.2, 0) is 7.05 Å². The number of aryl methyl sites for hydroxylation is 2. The summed E-state index contributed by atoms with van der Waals surface area (Å²) in [6, 6.07) is 6.99. The fourth-order valence-corrected chi connectivity index (χ4v) is 2.90. The second-order valence-electron chi connectivity index (χ2n) is 4.37. The van der Waals surface area contributed by atoms with Crippen molar-refractivity contribution >= 4 is 28.2 Å². The smallest absolute Gasteiger partial charge is 0.408 e. The Kier molecular flexibility index (Phi) is 2.64. The van der Waals surface area contributed by atoms with Crippen molar-refractivity contribution < 1.29 is 9.21 Å². The molecule has 96 valence electrons. The Bertz CT molecular complexity index is 838. The van der Waals surface area contributed by atoms with Crippen LogP contribution >= 0.6 is 11.3 Å². The second kappa shape index (κ2) is 4.20. The van der Waals surface area contributed by atoms with Gasteiger partial charge in [-0.1, -0.05) is 0 Å². The molecule has 0 aliphatic carbocycles. The van der Waals surface area contributed by atoms with Gasteiger partial charge in [0.1, 0.15) is 0 Å². The molecule has 0 atom stereocenters. The maximum absolute atomic E-state index is 12.3. The first-order valence-corrected chi connectivity index (χ1v) is 6.64. The van der Waals surface area contributed by atoms with Gasteiger partial charge in [0.15, 0.2) is 5.58 Å². The Morgan fingerprint density at radius 3 is 2.79 bits per heavy atom. The van der Waals surface area contributed by atoms with Gasteiger partial charge in [-0.15, -0.1) is 11.3 Å². The molecule has 0 bridgehead atoms. The number of rotatable bonds is 2. The zero-order valence-corrected chi connectivity index (χ0v) is 11.3. The summed E-state index contributed by atoms with van der Waals surface area (Å²) in [6.45, 7) is 1.91. The van der Waals surface area contributed by atoms with Crippen molar-refractivity contribution in [2.45, 2.75) is 6.92 Å². The van der Waals surface area contributed by atoms with Crippen molar-refractivity contribution in [1.82, 2.24) is 4.57 Å². The molecule has 5 heteroatoms. The van der Waals surface area contributed by atoms with Gasteiger partial charge in [0, 0.05) is 12.6 Å². The minimum Gasteiger partial charge on any atom is -0.408 e. The molecule has 0 aliphatic heterocycles. The standard InChI is InChI=1S/C14H11NO3S/c1-8-5-6-19-13(8)12(16)9-3-4-10-11(7-9)18-14(17)15(10)2/h3-7H,1-2H3. The summed E-state index contributed by atoms with van der Waals surface area (Å²) in [5.41, 5.74) is 2.62. The fourth-order valence-electron chi connectivity index (χ4n) is 2.01. The van der Waals surface area contributed by atoms with Gasteiger partial charge in [-0.3, -0.25) is 9.36 Å². The number of oxazole rings is 1. The van der Waals surface area contributed by atoms with Crippen LogP contribution in [0, 0.1) is 6.92 Å². The van der Waals surface area contributed by atoms with Gasteiger partial charge in [-0.05, 0) is 42.1 Å². The third-order valence-corrected chi connectivity index (χ3v) is 4.14. The van der Waals surface area contributed by atoms with Crippen molar-refractivity contribution in [3.05, 3.63) is 56.2 Å². The molecule has 0 saturated carbocycles. The molecule has 0 aliphatic rings. The van der Waals surface area contributed by atoms with Gasteiger partial charge in [0.2, 0.25) is 5.78 Å². The summed E-state index contributed by atoms with van der Waals surface area (Å²) in [5, 5.41) is 1.89. The van der Waals surface area contributed by atoms with E-state index in [2.05, 4.69) is 0 Å². The van der Waals surface area contributed by atoms with E-state index in [-0.39, 0.29) is 5.78 Å². The maximum Gasteiger partial charge on any atom is 0.419 e. The van der Waals surface area contributed by atoms with Crippen LogP contribution in [0.25, 0.3) is 11.1 Å². The van der Waals surface area contributed by atoms with E-state index >= 15 is 0 Å². The molecule has 1 aromatic carbocycles. The average molecular weight is 273 g/mol. The molecule has 2 aromatic heterocycles. The normalized spacial score (nSPS) is 11.1. The first kappa shape index (κ1) is 11.9. The van der Waals surface area contributed by atoms with Crippen molar-refractivity contribution in [3.63, 3.8) is 0 Å². The molecular formula is C14H11NO3S. The number of fused-ring (bicyclic) bond motifs is 1. The number of aromatic nitrogens is 1. The topological polar surface area (TPSA) is 52.2 Å². The van der Waals surface area contributed by atoms with E-state index in [1.54, 1.807) is 25.2 Å². The van der Waals surface area contributed by atoms with E-state index in [1.165, 1.54) is 15.9 Å². The number of hydrogen-bond donors (Lipinski definition) is 0. The van der Waals surface area contributed by atoms with Gasteiger partial charge in [-0.25, -0.2) is 4.79 Å². The largest absolute Gasteiger partial charge is 0.419 e. The van der Waals surface area contributed by atoms with E-state index in [4.69, 9.17) is 4.42 Å². The van der Waals surface area contributed by atoms with E-state index in [9.17, 15) is 9.59 Å². The van der Waals surface area contributed by atoms with Gasteiger partial charge < -0.3 is 4.42 Å². The van der Waals surface area contributed by atoms with Crippen LogP contribution < -0.4 is 5.76 Å². The number of hydrogen-bond acceptors (Lipinski definition) is 4. The van der Waals surface area contributed by atoms with Crippen LogP contribution in [0.1, 0.15) is 20.8 Å². The lowest BCUT2D eigenvalue weighted by Gasteiger charge is -2.00. The highest BCUT2D eigenvalue weighted by Crippen LogP contribution is 2.22. The fraction of sp³-hybridized carbons (Fsp3) is 0.143. The number of carbonyl (C=O) groups is 1. The van der Waals surface area contributed by atoms with E-state index in [1.807, 2.05) is 18.4 Å². The van der Waals surface area contributed by atoms with Crippen LogP contribution in [0.15, 0.2) is 38.9 Å². The Morgan fingerprint density at radius 1 is 1.32 bits per heavy atom. The Labute approximate surface area is 112 Å². The van der Waals surface area contributed by atoms with Gasteiger partial charge in [0.05, 0.1) is 10.4 Å². The molecule has 0 unspecified atom stereocenters. The molecule has 0 radical (unpaired) electrons. The van der Waals surface area contributed by atoms with Gasteiger partial charge >= 0.3 is 5.76 Å². The van der Waals surface area contributed by atoms with E-state index < -0.39 is 5.76 Å². The molecule has 19 heavy (non-hydrogen) atoms. The number of thiophene rings is 1. The van der Waals surface area contributed by atoms with E-state index in [0.717, 1.165) is 10.4 Å². The monoisotopic (exact) mass is 273 g/mol. The highest BCUT2D eigenvalue weighted by atomic mass is 32.1. The minimum atomic E-state index is -0.424. The van der Waals surface area contributed by atoms with Gasteiger partial charge in [-0.2, -0.15) is 0 Å². The second-order valence-corrected chi connectivity index (χ2v) is 5.29. The van der Waals surface area contributed by atoms with E-state index in [0.29, 0.717) is 16.7 Å². The highest BCUT2D eigenvalue weighted by Gasteiger charge is 2.15. The predicted octanol–water partition coefficient (Wildman–Crippen LogP) is 2.73. The third-order valence-electron chi connectivity index (χ3n) is 3.12. The molecule has 3 rings (SSSR count). The molecular weight excluding hydrogens is 262 g/mol. The van der Waals surface area contributed by atoms with Crippen molar-refractivity contribution in [1.29, 1.82) is 0 Å². The summed E-state index contributed by atoms with van der Waals surface area (Å²) in [6.07, 6.45) is 0. The number of carbonyl (C=O) groups excluding carboxylic acids is 1. The zero-order valence-electron chi connectivity index (χ0n) is 10.5. The lowest BCUT2D eigenvalue weighted by molar-refractivity contribution is 0.104. The quantitative estimate of drug-likeness (QED) is 0.675. The molecule has 0 spiro atoms. The summed E-state index contributed by atoms with van der Waals surface area (Å²) in [5.74, 6) is -0.465. The zero-order chi connectivity index (χ0) is 13.6. The third kappa shape index (κ3) is 1.82. The molecule has 4 nitrogen and oxygen atoms in total. The Balaban J connectivity index is 2.14. The van der Waals surface area contributed by atoms with Crippen LogP contribution in [0.2, 0.25) is 0 Å². The maximum atomic E-state index is 12.3. The Morgan fingerprint density at radius 2 is 2.11 bits per heavy atom. The van der Waals surface area contributed by atoms with Crippen LogP contribution in [0.5, 0.6) is 0 Å².